The van der Waals surface area contributed by atoms with Crippen LogP contribution in [-0.4, -0.2) is 63.6 Å². The summed E-state index contributed by atoms with van der Waals surface area (Å²) in [5, 5.41) is 12.5. The number of likely N-dealkylation sites (tertiary alicyclic amines) is 1. The number of carbonyl (C=O) groups is 3. The van der Waals surface area contributed by atoms with Gasteiger partial charge in [-0.3, -0.25) is 19.1 Å². The molecule has 3 aromatic carbocycles. The van der Waals surface area contributed by atoms with Gasteiger partial charge in [-0.15, -0.1) is 0 Å². The zero-order chi connectivity index (χ0) is 39.6. The molecule has 10 nitrogen and oxygen atoms in total. The summed E-state index contributed by atoms with van der Waals surface area (Å²) in [6.45, 7) is 9.70. The highest BCUT2D eigenvalue weighted by molar-refractivity contribution is 5.96. The number of hydrogen-bond donors (Lipinski definition) is 2. The molecule has 0 radical (unpaired) electrons. The van der Waals surface area contributed by atoms with E-state index in [1.807, 2.05) is 42.0 Å². The van der Waals surface area contributed by atoms with Crippen molar-refractivity contribution in [2.45, 2.75) is 128 Å². The van der Waals surface area contributed by atoms with Crippen LogP contribution in [0.3, 0.4) is 0 Å². The van der Waals surface area contributed by atoms with Crippen molar-refractivity contribution in [2.24, 2.45) is 5.92 Å². The van der Waals surface area contributed by atoms with Crippen molar-refractivity contribution < 1.29 is 14.4 Å². The van der Waals surface area contributed by atoms with Crippen molar-refractivity contribution in [2.75, 3.05) is 28.2 Å². The molecule has 2 unspecified atom stereocenters. The molecule has 1 saturated carbocycles. The predicted molar refractivity (Wildman–Crippen MR) is 227 cm³/mol. The van der Waals surface area contributed by atoms with E-state index in [0.717, 1.165) is 98.2 Å². The number of nitrogens with zero attached hydrogens (tertiary/aromatic N) is 5. The molecular weight excluding hydrogens is 711 g/mol. The lowest BCUT2D eigenvalue weighted by atomic mass is 9.83. The fourth-order valence-electron chi connectivity index (χ4n) is 10.1. The summed E-state index contributed by atoms with van der Waals surface area (Å²) in [4.78, 5) is 45.3. The van der Waals surface area contributed by atoms with Gasteiger partial charge in [-0.1, -0.05) is 62.4 Å². The molecule has 10 heteroatoms. The molecule has 1 saturated heterocycles. The van der Waals surface area contributed by atoms with E-state index in [1.54, 1.807) is 0 Å². The first kappa shape index (κ1) is 38.9. The highest BCUT2D eigenvalue weighted by Crippen LogP contribution is 2.41. The minimum atomic E-state index is 0.0970. The van der Waals surface area contributed by atoms with E-state index in [4.69, 9.17) is 5.10 Å². The Balaban J connectivity index is 0.815. The van der Waals surface area contributed by atoms with Crippen molar-refractivity contribution in [1.82, 2.24) is 20.0 Å². The molecule has 4 aliphatic rings. The highest BCUT2D eigenvalue weighted by Gasteiger charge is 2.37. The largest absolute Gasteiger partial charge is 0.378 e. The molecule has 4 aromatic rings. The first-order valence-corrected chi connectivity index (χ1v) is 21.5. The number of para-hydroxylation sites is 2. The Kier molecular flexibility index (Phi) is 11.5. The standard InChI is InChI=1S/C47H59N7O3/c1-5-45(55)53-31(3)27-41(39-11-7-9-13-43(39)53)49-36-19-15-33(16-20-36)35-29-48-52(30-35)38-23-25-51(26-24-38)47(57)34-17-21-37(22-18-34)50-42-28-32(4)54(46(56)6-2)44-14-10-8-12-40(42)44/h7-16,19-20,29-32,34,37-38,41-42,49-50H,5-6,17-18,21-28H2,1-4H3/t31-,32?,34?,37?,41+,42?/m0/s1. The second-order valence-corrected chi connectivity index (χ2v) is 16.8. The van der Waals surface area contributed by atoms with E-state index >= 15 is 0 Å². The number of fused-ring (bicyclic) bond motifs is 2. The predicted octanol–water partition coefficient (Wildman–Crippen LogP) is 8.83. The lowest BCUT2D eigenvalue weighted by molar-refractivity contribution is -0.138. The third-order valence-corrected chi connectivity index (χ3v) is 13.1. The SMILES string of the molecule is CCC(=O)N1c2ccccc2C(NC2CCC(C(=O)N3CCC(n4cc(-c5ccc(N[C@@H]6C[C@H](C)N(C(=O)CC)c7ccccc76)cc5)cn4)CC3)CC2)CC1C. The van der Waals surface area contributed by atoms with Crippen molar-refractivity contribution in [3.63, 3.8) is 0 Å². The topological polar surface area (TPSA) is 103 Å². The molecule has 8 rings (SSSR count). The summed E-state index contributed by atoms with van der Waals surface area (Å²) >= 11 is 0. The van der Waals surface area contributed by atoms with Gasteiger partial charge < -0.3 is 25.3 Å². The van der Waals surface area contributed by atoms with Gasteiger partial charge in [0.15, 0.2) is 0 Å². The molecule has 0 spiro atoms. The van der Waals surface area contributed by atoms with Crippen LogP contribution in [0.2, 0.25) is 0 Å². The van der Waals surface area contributed by atoms with E-state index in [1.165, 1.54) is 5.56 Å². The molecule has 4 atom stereocenters. The molecule has 57 heavy (non-hydrogen) atoms. The molecule has 1 aliphatic carbocycles. The van der Waals surface area contributed by atoms with Crippen molar-refractivity contribution in [3.8, 4) is 11.1 Å². The van der Waals surface area contributed by atoms with E-state index in [0.29, 0.717) is 24.8 Å². The Bertz CT molecular complexity index is 2050. The Labute approximate surface area is 338 Å². The van der Waals surface area contributed by atoms with Crippen LogP contribution in [0.25, 0.3) is 11.1 Å². The molecule has 0 bridgehead atoms. The number of carbonyl (C=O) groups excluding carboxylic acids is 3. The first-order chi connectivity index (χ1) is 27.7. The third kappa shape index (κ3) is 7.98. The van der Waals surface area contributed by atoms with E-state index in [9.17, 15) is 14.4 Å². The molecule has 2 N–H and O–H groups in total. The average molecular weight is 770 g/mol. The number of aromatic nitrogens is 2. The fraction of sp³-hybridized carbons (Fsp3) is 0.489. The van der Waals surface area contributed by atoms with Gasteiger partial charge in [0.25, 0.3) is 0 Å². The average Bonchev–Trinajstić information content (AvgIpc) is 3.74. The molecule has 4 heterocycles. The zero-order valence-corrected chi connectivity index (χ0v) is 34.1. The van der Waals surface area contributed by atoms with Crippen molar-refractivity contribution >= 4 is 34.8 Å². The molecule has 3 amide bonds. The van der Waals surface area contributed by atoms with Crippen LogP contribution in [0, 0.1) is 5.92 Å². The number of nitrogens with one attached hydrogen (secondary N) is 2. The minimum absolute atomic E-state index is 0.0970. The van der Waals surface area contributed by atoms with Crippen LogP contribution >= 0.6 is 0 Å². The number of rotatable bonds is 9. The fourth-order valence-corrected chi connectivity index (χ4v) is 10.1. The van der Waals surface area contributed by atoms with Crippen LogP contribution in [0.5, 0.6) is 0 Å². The molecule has 3 aliphatic heterocycles. The molecule has 300 valence electrons. The zero-order valence-electron chi connectivity index (χ0n) is 34.1. The highest BCUT2D eigenvalue weighted by atomic mass is 16.2. The number of hydrogen-bond acceptors (Lipinski definition) is 6. The molecule has 2 fully saturated rings. The van der Waals surface area contributed by atoms with Gasteiger partial charge in [0.05, 0.1) is 18.3 Å². The van der Waals surface area contributed by atoms with Crippen LogP contribution in [-0.2, 0) is 14.4 Å². The van der Waals surface area contributed by atoms with Crippen LogP contribution in [0.15, 0.2) is 85.2 Å². The van der Waals surface area contributed by atoms with Gasteiger partial charge in [-0.2, -0.15) is 5.10 Å². The Morgan fingerprint density at radius 3 is 1.84 bits per heavy atom. The maximum absolute atomic E-state index is 13.7. The van der Waals surface area contributed by atoms with Crippen LogP contribution in [0.1, 0.15) is 121 Å². The second-order valence-electron chi connectivity index (χ2n) is 16.8. The Morgan fingerprint density at radius 2 is 1.25 bits per heavy atom. The smallest absolute Gasteiger partial charge is 0.226 e. The quantitative estimate of drug-likeness (QED) is 0.177. The van der Waals surface area contributed by atoms with E-state index in [2.05, 4.69) is 101 Å². The monoisotopic (exact) mass is 769 g/mol. The lowest BCUT2D eigenvalue weighted by Gasteiger charge is -2.42. The summed E-state index contributed by atoms with van der Waals surface area (Å²) in [6, 6.07) is 26.4. The van der Waals surface area contributed by atoms with Crippen LogP contribution in [0.4, 0.5) is 17.1 Å². The van der Waals surface area contributed by atoms with Crippen molar-refractivity contribution in [3.05, 3.63) is 96.3 Å². The molecular formula is C47H59N7O3. The summed E-state index contributed by atoms with van der Waals surface area (Å²) in [6.07, 6.45) is 12.5. The van der Waals surface area contributed by atoms with E-state index in [-0.39, 0.29) is 47.9 Å². The normalized spacial score (nSPS) is 25.1. The van der Waals surface area contributed by atoms with E-state index < -0.39 is 0 Å². The Hall–Kier alpha value is -4.96. The van der Waals surface area contributed by atoms with Gasteiger partial charge in [0.1, 0.15) is 0 Å². The van der Waals surface area contributed by atoms with Crippen LogP contribution < -0.4 is 20.4 Å². The minimum Gasteiger partial charge on any atom is -0.378 e. The Morgan fingerprint density at radius 1 is 0.684 bits per heavy atom. The van der Waals surface area contributed by atoms with Gasteiger partial charge in [-0.25, -0.2) is 0 Å². The number of piperidine rings is 1. The molecule has 1 aromatic heterocycles. The maximum Gasteiger partial charge on any atom is 0.226 e. The first-order valence-electron chi connectivity index (χ1n) is 21.5. The third-order valence-electron chi connectivity index (χ3n) is 13.1. The van der Waals surface area contributed by atoms with Gasteiger partial charge in [0, 0.05) is 84.8 Å². The van der Waals surface area contributed by atoms with Gasteiger partial charge >= 0.3 is 0 Å². The summed E-state index contributed by atoms with van der Waals surface area (Å²) in [5.74, 6) is 0.764. The summed E-state index contributed by atoms with van der Waals surface area (Å²) in [7, 11) is 0. The second kappa shape index (κ2) is 16.9. The van der Waals surface area contributed by atoms with Crippen molar-refractivity contribution in [1.29, 1.82) is 0 Å². The summed E-state index contributed by atoms with van der Waals surface area (Å²) < 4.78 is 2.10. The maximum atomic E-state index is 13.7. The number of anilines is 3. The number of benzene rings is 3. The number of amides is 3. The van der Waals surface area contributed by atoms with Gasteiger partial charge in [0.2, 0.25) is 17.7 Å². The lowest BCUT2D eigenvalue weighted by Crippen LogP contribution is -2.48. The summed E-state index contributed by atoms with van der Waals surface area (Å²) in [5.41, 5.74) is 7.69. The van der Waals surface area contributed by atoms with Gasteiger partial charge in [-0.05, 0) is 106 Å².